The van der Waals surface area contributed by atoms with Gasteiger partial charge in [-0.3, -0.25) is 9.48 Å². The quantitative estimate of drug-likeness (QED) is 0.826. The summed E-state index contributed by atoms with van der Waals surface area (Å²) < 4.78 is 1.68. The molecule has 1 amide bonds. The van der Waals surface area contributed by atoms with Crippen LogP contribution in [0.3, 0.4) is 0 Å². The number of rotatable bonds is 3. The van der Waals surface area contributed by atoms with Crippen molar-refractivity contribution in [2.75, 3.05) is 11.9 Å². The summed E-state index contributed by atoms with van der Waals surface area (Å²) >= 11 is 0. The summed E-state index contributed by atoms with van der Waals surface area (Å²) in [5, 5.41) is 7.02. The molecule has 1 aromatic heterocycles. The second-order valence-electron chi connectivity index (χ2n) is 4.75. The topological polar surface area (TPSA) is 72.9 Å². The van der Waals surface area contributed by atoms with E-state index in [2.05, 4.69) is 10.4 Å². The van der Waals surface area contributed by atoms with Crippen molar-refractivity contribution in [2.45, 2.75) is 25.7 Å². The summed E-state index contributed by atoms with van der Waals surface area (Å²) in [6, 6.07) is 1.80. The van der Waals surface area contributed by atoms with Crippen molar-refractivity contribution in [3.8, 4) is 0 Å². The van der Waals surface area contributed by atoms with Crippen molar-refractivity contribution < 1.29 is 4.79 Å². The lowest BCUT2D eigenvalue weighted by Crippen LogP contribution is -2.35. The molecule has 5 heteroatoms. The first kappa shape index (κ1) is 12.1. The lowest BCUT2D eigenvalue weighted by atomic mass is 9.79. The van der Waals surface area contributed by atoms with Crippen LogP contribution >= 0.6 is 0 Å². The molecule has 2 atom stereocenters. The van der Waals surface area contributed by atoms with Crippen LogP contribution in [0.15, 0.2) is 12.3 Å². The Morgan fingerprint density at radius 2 is 2.35 bits per heavy atom. The molecule has 1 aliphatic carbocycles. The molecule has 1 saturated carbocycles. The van der Waals surface area contributed by atoms with Crippen LogP contribution in [0.1, 0.15) is 25.7 Å². The maximum absolute atomic E-state index is 12.1. The zero-order chi connectivity index (χ0) is 12.3. The van der Waals surface area contributed by atoms with Gasteiger partial charge in [0.15, 0.2) is 5.82 Å². The van der Waals surface area contributed by atoms with Gasteiger partial charge >= 0.3 is 0 Å². The van der Waals surface area contributed by atoms with Crippen molar-refractivity contribution in [3.63, 3.8) is 0 Å². The number of anilines is 1. The third kappa shape index (κ3) is 2.85. The Bertz CT molecular complexity index is 388. The third-order valence-corrected chi connectivity index (χ3v) is 3.51. The normalized spacial score (nSPS) is 24.6. The van der Waals surface area contributed by atoms with Gasteiger partial charge in [-0.05, 0) is 25.3 Å². The van der Waals surface area contributed by atoms with Crippen LogP contribution in [0.4, 0.5) is 5.82 Å². The molecule has 94 valence electrons. The van der Waals surface area contributed by atoms with E-state index < -0.39 is 0 Å². The summed E-state index contributed by atoms with van der Waals surface area (Å²) in [6.45, 7) is 0.598. The van der Waals surface area contributed by atoms with E-state index in [1.807, 2.05) is 13.2 Å². The minimum atomic E-state index is 0.0516. The predicted molar refractivity (Wildman–Crippen MR) is 66.3 cm³/mol. The number of nitrogens with one attached hydrogen (secondary N) is 1. The van der Waals surface area contributed by atoms with Gasteiger partial charge in [0, 0.05) is 25.2 Å². The Hall–Kier alpha value is -1.36. The fraction of sp³-hybridized carbons (Fsp3) is 0.667. The van der Waals surface area contributed by atoms with Crippen molar-refractivity contribution in [2.24, 2.45) is 24.6 Å². The molecule has 1 fully saturated rings. The van der Waals surface area contributed by atoms with Crippen LogP contribution in [0, 0.1) is 11.8 Å². The molecule has 1 aliphatic rings. The number of hydrogen-bond donors (Lipinski definition) is 2. The van der Waals surface area contributed by atoms with Crippen LogP contribution in [0.2, 0.25) is 0 Å². The standard InChI is InChI=1S/C12H20N4O/c1-16-7-6-11(15-16)14-12(17)10-5-3-2-4-9(10)8-13/h6-7,9-10H,2-5,8,13H2,1H3,(H,14,15,17). The van der Waals surface area contributed by atoms with Crippen LogP contribution in [-0.2, 0) is 11.8 Å². The average Bonchev–Trinajstić information content (AvgIpc) is 2.74. The first-order chi connectivity index (χ1) is 8.20. The van der Waals surface area contributed by atoms with E-state index >= 15 is 0 Å². The second-order valence-corrected chi connectivity index (χ2v) is 4.75. The molecule has 0 radical (unpaired) electrons. The third-order valence-electron chi connectivity index (χ3n) is 3.51. The largest absolute Gasteiger partial charge is 0.330 e. The molecule has 2 rings (SSSR count). The Morgan fingerprint density at radius 1 is 1.59 bits per heavy atom. The summed E-state index contributed by atoms with van der Waals surface area (Å²) in [7, 11) is 1.83. The molecule has 1 aromatic rings. The second kappa shape index (κ2) is 5.31. The smallest absolute Gasteiger partial charge is 0.229 e. The first-order valence-electron chi connectivity index (χ1n) is 6.21. The molecule has 0 spiro atoms. The monoisotopic (exact) mass is 236 g/mol. The number of carbonyl (C=O) groups is 1. The van der Waals surface area contributed by atoms with Gasteiger partial charge < -0.3 is 11.1 Å². The molecule has 0 aromatic carbocycles. The van der Waals surface area contributed by atoms with E-state index in [4.69, 9.17) is 5.73 Å². The predicted octanol–water partition coefficient (Wildman–Crippen LogP) is 1.12. The van der Waals surface area contributed by atoms with E-state index in [9.17, 15) is 4.79 Å². The molecule has 0 bridgehead atoms. The molecule has 0 aliphatic heterocycles. The molecule has 1 heterocycles. The maximum atomic E-state index is 12.1. The maximum Gasteiger partial charge on any atom is 0.229 e. The minimum Gasteiger partial charge on any atom is -0.330 e. The number of aromatic nitrogens is 2. The Balaban J connectivity index is 1.98. The lowest BCUT2D eigenvalue weighted by Gasteiger charge is -2.29. The van der Waals surface area contributed by atoms with Gasteiger partial charge in [-0.2, -0.15) is 5.10 Å². The van der Waals surface area contributed by atoms with Crippen LogP contribution in [0.25, 0.3) is 0 Å². The number of carbonyl (C=O) groups excluding carboxylic acids is 1. The zero-order valence-corrected chi connectivity index (χ0v) is 10.2. The van der Waals surface area contributed by atoms with Gasteiger partial charge in [0.05, 0.1) is 0 Å². The first-order valence-corrected chi connectivity index (χ1v) is 6.21. The van der Waals surface area contributed by atoms with Crippen molar-refractivity contribution in [1.29, 1.82) is 0 Å². The van der Waals surface area contributed by atoms with Crippen molar-refractivity contribution in [1.82, 2.24) is 9.78 Å². The number of nitrogens with two attached hydrogens (primary N) is 1. The highest BCUT2D eigenvalue weighted by atomic mass is 16.2. The van der Waals surface area contributed by atoms with Gasteiger partial charge in [-0.15, -0.1) is 0 Å². The SMILES string of the molecule is Cn1ccc(NC(=O)C2CCCCC2CN)n1. The lowest BCUT2D eigenvalue weighted by molar-refractivity contribution is -0.122. The highest BCUT2D eigenvalue weighted by Crippen LogP contribution is 2.30. The van der Waals surface area contributed by atoms with Crippen molar-refractivity contribution >= 4 is 11.7 Å². The van der Waals surface area contributed by atoms with Crippen LogP contribution in [0.5, 0.6) is 0 Å². The number of hydrogen-bond acceptors (Lipinski definition) is 3. The van der Waals surface area contributed by atoms with E-state index in [1.165, 1.54) is 6.42 Å². The fourth-order valence-corrected chi connectivity index (χ4v) is 2.54. The van der Waals surface area contributed by atoms with E-state index in [1.54, 1.807) is 10.7 Å². The highest BCUT2D eigenvalue weighted by molar-refractivity contribution is 5.91. The van der Waals surface area contributed by atoms with Gasteiger partial charge in [0.25, 0.3) is 0 Å². The zero-order valence-electron chi connectivity index (χ0n) is 10.2. The fourth-order valence-electron chi connectivity index (χ4n) is 2.54. The van der Waals surface area contributed by atoms with Gasteiger partial charge in [-0.25, -0.2) is 0 Å². The number of amides is 1. The van der Waals surface area contributed by atoms with Crippen molar-refractivity contribution in [3.05, 3.63) is 12.3 Å². The number of nitrogens with zero attached hydrogens (tertiary/aromatic N) is 2. The summed E-state index contributed by atoms with van der Waals surface area (Å²) in [6.07, 6.45) is 6.14. The molecule has 0 saturated heterocycles. The molecular formula is C12H20N4O. The van der Waals surface area contributed by atoms with Gasteiger partial charge in [-0.1, -0.05) is 12.8 Å². The van der Waals surface area contributed by atoms with Gasteiger partial charge in [0.1, 0.15) is 0 Å². The van der Waals surface area contributed by atoms with E-state index in [-0.39, 0.29) is 11.8 Å². The van der Waals surface area contributed by atoms with E-state index in [0.717, 1.165) is 19.3 Å². The summed E-state index contributed by atoms with van der Waals surface area (Å²) in [4.78, 5) is 12.1. The van der Waals surface area contributed by atoms with Gasteiger partial charge in [0.2, 0.25) is 5.91 Å². The van der Waals surface area contributed by atoms with E-state index in [0.29, 0.717) is 18.3 Å². The summed E-state index contributed by atoms with van der Waals surface area (Å²) in [5.74, 6) is 1.07. The Morgan fingerprint density at radius 3 is 3.00 bits per heavy atom. The van der Waals surface area contributed by atoms with Crippen LogP contribution in [-0.4, -0.2) is 22.2 Å². The molecule has 5 nitrogen and oxygen atoms in total. The average molecular weight is 236 g/mol. The Kier molecular flexibility index (Phi) is 3.78. The summed E-state index contributed by atoms with van der Waals surface area (Å²) in [5.41, 5.74) is 5.73. The number of aryl methyl sites for hydroxylation is 1. The molecular weight excluding hydrogens is 216 g/mol. The molecule has 3 N–H and O–H groups in total. The van der Waals surface area contributed by atoms with Crippen LogP contribution < -0.4 is 11.1 Å². The highest BCUT2D eigenvalue weighted by Gasteiger charge is 2.30. The minimum absolute atomic E-state index is 0.0516. The Labute approximate surface area is 101 Å². The molecule has 2 unspecified atom stereocenters. The molecule has 17 heavy (non-hydrogen) atoms.